The topological polar surface area (TPSA) is 60.0 Å². The Morgan fingerprint density at radius 3 is 2.21 bits per heavy atom. The Morgan fingerprint density at radius 2 is 1.66 bits per heavy atom. The van der Waals surface area contributed by atoms with Gasteiger partial charge < -0.3 is 24.4 Å². The van der Waals surface area contributed by atoms with Gasteiger partial charge in [0.25, 0.3) is 5.91 Å². The average Bonchev–Trinajstić information content (AvgIpc) is 2.72. The van der Waals surface area contributed by atoms with E-state index in [0.29, 0.717) is 36.1 Å². The van der Waals surface area contributed by atoms with E-state index in [1.807, 2.05) is 44.4 Å². The van der Waals surface area contributed by atoms with Crippen LogP contribution in [0, 0.1) is 5.92 Å². The molecular formula is C23H32N2O4. The Morgan fingerprint density at radius 1 is 1.00 bits per heavy atom. The number of ether oxygens (including phenoxy) is 3. The largest absolute Gasteiger partial charge is 0.493 e. The Hall–Kier alpha value is -2.73. The van der Waals surface area contributed by atoms with Crippen molar-refractivity contribution in [3.8, 4) is 17.2 Å². The van der Waals surface area contributed by atoms with Gasteiger partial charge in [0.1, 0.15) is 5.75 Å². The summed E-state index contributed by atoms with van der Waals surface area (Å²) >= 11 is 0. The number of nitrogens with one attached hydrogen (secondary N) is 1. The van der Waals surface area contributed by atoms with Crippen LogP contribution in [-0.2, 0) is 0 Å². The molecule has 2 rings (SSSR count). The first kappa shape index (κ1) is 22.6. The van der Waals surface area contributed by atoms with Crippen LogP contribution in [0.25, 0.3) is 0 Å². The number of methoxy groups -OCH3 is 2. The molecule has 0 fully saturated rings. The summed E-state index contributed by atoms with van der Waals surface area (Å²) in [6.45, 7) is 5.32. The van der Waals surface area contributed by atoms with Crippen LogP contribution < -0.4 is 19.5 Å². The summed E-state index contributed by atoms with van der Waals surface area (Å²) in [4.78, 5) is 14.6. The molecule has 0 saturated heterocycles. The molecular weight excluding hydrogens is 368 g/mol. The first-order valence-electron chi connectivity index (χ1n) is 9.75. The molecule has 0 radical (unpaired) electrons. The Labute approximate surface area is 173 Å². The van der Waals surface area contributed by atoms with Gasteiger partial charge in [0.15, 0.2) is 11.5 Å². The fourth-order valence-electron chi connectivity index (χ4n) is 2.92. The second-order valence-electron chi connectivity index (χ2n) is 7.53. The van der Waals surface area contributed by atoms with Crippen molar-refractivity contribution >= 4 is 5.91 Å². The van der Waals surface area contributed by atoms with E-state index in [1.54, 1.807) is 26.4 Å². The van der Waals surface area contributed by atoms with Gasteiger partial charge in [-0.1, -0.05) is 19.9 Å². The predicted molar refractivity (Wildman–Crippen MR) is 115 cm³/mol. The summed E-state index contributed by atoms with van der Waals surface area (Å²) < 4.78 is 16.4. The third-order valence-electron chi connectivity index (χ3n) is 4.57. The smallest absolute Gasteiger partial charge is 0.251 e. The summed E-state index contributed by atoms with van der Waals surface area (Å²) in [5.74, 6) is 2.45. The van der Waals surface area contributed by atoms with Crippen LogP contribution in [0.15, 0.2) is 42.5 Å². The van der Waals surface area contributed by atoms with Crippen molar-refractivity contribution in [2.45, 2.75) is 19.9 Å². The van der Waals surface area contributed by atoms with Crippen molar-refractivity contribution in [1.82, 2.24) is 10.2 Å². The van der Waals surface area contributed by atoms with Gasteiger partial charge in [-0.2, -0.15) is 0 Å². The second kappa shape index (κ2) is 10.7. The first-order chi connectivity index (χ1) is 13.8. The molecule has 1 amide bonds. The van der Waals surface area contributed by atoms with E-state index in [1.165, 1.54) is 0 Å². The number of hydrogen-bond donors (Lipinski definition) is 1. The molecule has 0 aromatic heterocycles. The van der Waals surface area contributed by atoms with E-state index >= 15 is 0 Å². The van der Waals surface area contributed by atoms with Crippen LogP contribution in [0.5, 0.6) is 17.2 Å². The highest BCUT2D eigenvalue weighted by atomic mass is 16.5. The minimum atomic E-state index is -0.118. The van der Waals surface area contributed by atoms with Crippen molar-refractivity contribution < 1.29 is 19.0 Å². The van der Waals surface area contributed by atoms with Gasteiger partial charge >= 0.3 is 0 Å². The SMILES string of the molecule is COc1ccc(C(CNC(=O)c2ccc(OCC(C)C)cc2)N(C)C)cc1OC. The molecule has 0 aliphatic rings. The van der Waals surface area contributed by atoms with Gasteiger partial charge in [0.05, 0.1) is 26.9 Å². The number of benzene rings is 2. The van der Waals surface area contributed by atoms with Crippen LogP contribution in [0.1, 0.15) is 35.8 Å². The van der Waals surface area contributed by atoms with E-state index in [0.717, 1.165) is 11.3 Å². The zero-order valence-corrected chi connectivity index (χ0v) is 18.2. The summed E-state index contributed by atoms with van der Waals surface area (Å²) in [5, 5.41) is 3.02. The zero-order chi connectivity index (χ0) is 21.4. The van der Waals surface area contributed by atoms with E-state index in [4.69, 9.17) is 14.2 Å². The Kier molecular flexibility index (Phi) is 8.34. The molecule has 0 aliphatic carbocycles. The lowest BCUT2D eigenvalue weighted by molar-refractivity contribution is 0.0942. The molecule has 6 heteroatoms. The molecule has 6 nitrogen and oxygen atoms in total. The van der Waals surface area contributed by atoms with Gasteiger partial charge in [-0.15, -0.1) is 0 Å². The maximum absolute atomic E-state index is 12.6. The standard InChI is InChI=1S/C23H32N2O4/c1-16(2)15-29-19-10-7-17(8-11-19)23(26)24-14-20(25(3)4)18-9-12-21(27-5)22(13-18)28-6/h7-13,16,20H,14-15H2,1-6H3,(H,24,26). The van der Waals surface area contributed by atoms with Crippen LogP contribution in [0.2, 0.25) is 0 Å². The highest BCUT2D eigenvalue weighted by Gasteiger charge is 2.18. The summed E-state index contributed by atoms with van der Waals surface area (Å²) in [5.41, 5.74) is 1.64. The van der Waals surface area contributed by atoms with Crippen molar-refractivity contribution in [3.05, 3.63) is 53.6 Å². The quantitative estimate of drug-likeness (QED) is 0.658. The third kappa shape index (κ3) is 6.39. The van der Waals surface area contributed by atoms with Crippen molar-refractivity contribution in [2.24, 2.45) is 5.92 Å². The molecule has 1 atom stereocenters. The Bertz CT molecular complexity index is 788. The van der Waals surface area contributed by atoms with Gasteiger partial charge in [-0.05, 0) is 62.0 Å². The van der Waals surface area contributed by atoms with E-state index < -0.39 is 0 Å². The zero-order valence-electron chi connectivity index (χ0n) is 18.2. The molecule has 29 heavy (non-hydrogen) atoms. The number of likely N-dealkylation sites (N-methyl/N-ethyl adjacent to an activating group) is 1. The number of carbonyl (C=O) groups is 1. The minimum Gasteiger partial charge on any atom is -0.493 e. The number of carbonyl (C=O) groups excluding carboxylic acids is 1. The molecule has 0 bridgehead atoms. The van der Waals surface area contributed by atoms with Gasteiger partial charge in [0.2, 0.25) is 0 Å². The highest BCUT2D eigenvalue weighted by molar-refractivity contribution is 5.94. The van der Waals surface area contributed by atoms with Gasteiger partial charge in [-0.3, -0.25) is 4.79 Å². The van der Waals surface area contributed by atoms with Crippen molar-refractivity contribution in [1.29, 1.82) is 0 Å². The average molecular weight is 401 g/mol. The van der Waals surface area contributed by atoms with Crippen LogP contribution in [-0.4, -0.2) is 52.3 Å². The molecule has 0 aliphatic heterocycles. The number of amides is 1. The normalized spacial score (nSPS) is 12.0. The number of nitrogens with zero attached hydrogens (tertiary/aromatic N) is 1. The molecule has 1 N–H and O–H groups in total. The molecule has 0 heterocycles. The van der Waals surface area contributed by atoms with Crippen LogP contribution in [0.3, 0.4) is 0 Å². The van der Waals surface area contributed by atoms with E-state index in [-0.39, 0.29) is 11.9 Å². The lowest BCUT2D eigenvalue weighted by atomic mass is 10.0. The molecule has 2 aromatic rings. The minimum absolute atomic E-state index is 0.00703. The lowest BCUT2D eigenvalue weighted by Crippen LogP contribution is -2.34. The fraction of sp³-hybridized carbons (Fsp3) is 0.435. The second-order valence-corrected chi connectivity index (χ2v) is 7.53. The van der Waals surface area contributed by atoms with E-state index in [9.17, 15) is 4.79 Å². The van der Waals surface area contributed by atoms with Crippen LogP contribution in [0.4, 0.5) is 0 Å². The van der Waals surface area contributed by atoms with Crippen molar-refractivity contribution in [3.63, 3.8) is 0 Å². The lowest BCUT2D eigenvalue weighted by Gasteiger charge is -2.26. The van der Waals surface area contributed by atoms with Crippen LogP contribution >= 0.6 is 0 Å². The summed E-state index contributed by atoms with van der Waals surface area (Å²) in [6.07, 6.45) is 0. The van der Waals surface area contributed by atoms with Crippen molar-refractivity contribution in [2.75, 3.05) is 41.5 Å². The number of hydrogen-bond acceptors (Lipinski definition) is 5. The molecule has 0 saturated carbocycles. The summed E-state index contributed by atoms with van der Waals surface area (Å²) in [6, 6.07) is 13.0. The molecule has 1 unspecified atom stereocenters. The summed E-state index contributed by atoms with van der Waals surface area (Å²) in [7, 11) is 7.19. The maximum atomic E-state index is 12.6. The van der Waals surface area contributed by atoms with Gasteiger partial charge in [-0.25, -0.2) is 0 Å². The molecule has 2 aromatic carbocycles. The Balaban J connectivity index is 2.04. The number of rotatable bonds is 10. The fourth-order valence-corrected chi connectivity index (χ4v) is 2.92. The monoisotopic (exact) mass is 400 g/mol. The maximum Gasteiger partial charge on any atom is 0.251 e. The third-order valence-corrected chi connectivity index (χ3v) is 4.57. The highest BCUT2D eigenvalue weighted by Crippen LogP contribution is 2.31. The van der Waals surface area contributed by atoms with Gasteiger partial charge in [0, 0.05) is 12.1 Å². The predicted octanol–water partition coefficient (Wildman–Crippen LogP) is 3.77. The van der Waals surface area contributed by atoms with E-state index in [2.05, 4.69) is 24.1 Å². The molecule has 158 valence electrons. The molecule has 0 spiro atoms. The first-order valence-corrected chi connectivity index (χ1v) is 9.75.